The molecule has 0 unspecified atom stereocenters. The molecule has 0 fully saturated rings. The minimum absolute atomic E-state index is 0.00768. The molecule has 62 heavy (non-hydrogen) atoms. The number of benzene rings is 9. The third-order valence-electron chi connectivity index (χ3n) is 11.4. The third kappa shape index (κ3) is 6.09. The summed E-state index contributed by atoms with van der Waals surface area (Å²) in [6.07, 6.45) is 0. The smallest absolute Gasteiger partial charge is 0.164 e. The maximum absolute atomic E-state index is 9.30. The molecule has 0 saturated carbocycles. The lowest BCUT2D eigenvalue weighted by Crippen LogP contribution is -2.03. The summed E-state index contributed by atoms with van der Waals surface area (Å²) in [4.78, 5) is 15.5. The van der Waals surface area contributed by atoms with Gasteiger partial charge in [-0.3, -0.25) is 0 Å². The molecule has 0 aliphatic heterocycles. The van der Waals surface area contributed by atoms with Crippen molar-refractivity contribution in [2.75, 3.05) is 0 Å². The molecule has 4 nitrogen and oxygen atoms in total. The first-order valence-electron chi connectivity index (χ1n) is 24.2. The van der Waals surface area contributed by atoms with Crippen LogP contribution in [0.4, 0.5) is 0 Å². The highest BCUT2D eigenvalue weighted by atomic mass is 32.1. The average Bonchev–Trinajstić information content (AvgIpc) is 3.98. The standard InChI is InChI=1S/C57H36N4S/c1-3-16-37(17-4-1)42-20-7-8-24-49(42)57-59-55(40-32-30-39(31-33-40)44-25-15-26-48-47-23-11-14-29-53(47)62-54(44)48)58-56(60-57)41-34-35-43(38-18-5-2-6-19-38)52(36-41)61-50-27-12-9-21-45(50)46-22-10-13-28-51(46)61/h1-36H/i9D,10D,12D,13D,21D,22D,27D,28D. The van der Waals surface area contributed by atoms with E-state index in [9.17, 15) is 2.74 Å². The first-order chi connectivity index (χ1) is 34.1. The molecular weight excluding hydrogens is 773 g/mol. The van der Waals surface area contributed by atoms with Gasteiger partial charge in [0.2, 0.25) is 0 Å². The Hall–Kier alpha value is -7.99. The molecule has 0 amide bonds. The van der Waals surface area contributed by atoms with Gasteiger partial charge in [-0.05, 0) is 52.0 Å². The van der Waals surface area contributed by atoms with Crippen molar-refractivity contribution in [3.8, 4) is 73.2 Å². The van der Waals surface area contributed by atoms with E-state index in [0.717, 1.165) is 38.9 Å². The first-order valence-corrected chi connectivity index (χ1v) is 21.0. The van der Waals surface area contributed by atoms with Crippen LogP contribution in [-0.2, 0) is 0 Å². The van der Waals surface area contributed by atoms with Crippen LogP contribution in [0.1, 0.15) is 11.0 Å². The SMILES string of the molecule is [2H]c1c([2H])c([2H])c2c(c1[2H])c1c([2H])c([2H])c([2H])c([2H])c1n2-c1cc(-c2nc(-c3ccc(-c4cccc5c4sc4ccccc45)cc3)nc(-c3ccccc3-c3ccccc3)n2)ccc1-c1ccccc1. The van der Waals surface area contributed by atoms with E-state index in [1.54, 1.807) is 15.9 Å². The largest absolute Gasteiger partial charge is 0.309 e. The van der Waals surface area contributed by atoms with Gasteiger partial charge in [-0.25, -0.2) is 15.0 Å². The molecule has 0 spiro atoms. The number of hydrogen-bond donors (Lipinski definition) is 0. The Labute approximate surface area is 374 Å². The molecule has 290 valence electrons. The Morgan fingerprint density at radius 2 is 0.887 bits per heavy atom. The molecule has 12 aromatic rings. The van der Waals surface area contributed by atoms with Crippen molar-refractivity contribution in [1.29, 1.82) is 0 Å². The van der Waals surface area contributed by atoms with Crippen LogP contribution in [0.5, 0.6) is 0 Å². The Kier molecular flexibility index (Phi) is 6.86. The van der Waals surface area contributed by atoms with Gasteiger partial charge in [-0.2, -0.15) is 0 Å². The molecule has 3 aromatic heterocycles. The molecule has 0 bridgehead atoms. The van der Waals surface area contributed by atoms with E-state index >= 15 is 0 Å². The fraction of sp³-hybridized carbons (Fsp3) is 0. The first kappa shape index (κ1) is 28.5. The Morgan fingerprint density at radius 1 is 0.371 bits per heavy atom. The van der Waals surface area contributed by atoms with Crippen LogP contribution in [0, 0.1) is 0 Å². The van der Waals surface area contributed by atoms with Crippen molar-refractivity contribution in [3.05, 3.63) is 218 Å². The van der Waals surface area contributed by atoms with Gasteiger partial charge in [-0.1, -0.05) is 194 Å². The zero-order valence-electron chi connectivity index (χ0n) is 40.9. The van der Waals surface area contributed by atoms with Crippen LogP contribution < -0.4 is 0 Å². The van der Waals surface area contributed by atoms with Crippen molar-refractivity contribution in [2.24, 2.45) is 0 Å². The molecule has 3 heterocycles. The van der Waals surface area contributed by atoms with Crippen molar-refractivity contribution in [1.82, 2.24) is 19.5 Å². The summed E-state index contributed by atoms with van der Waals surface area (Å²) in [7, 11) is 0. The van der Waals surface area contributed by atoms with Gasteiger partial charge in [0.05, 0.1) is 27.7 Å². The number of para-hydroxylation sites is 2. The highest BCUT2D eigenvalue weighted by Crippen LogP contribution is 2.42. The summed E-state index contributed by atoms with van der Waals surface area (Å²) in [5.41, 5.74) is 7.98. The highest BCUT2D eigenvalue weighted by molar-refractivity contribution is 7.26. The van der Waals surface area contributed by atoms with Gasteiger partial charge >= 0.3 is 0 Å². The number of nitrogens with zero attached hydrogens (tertiary/aromatic N) is 4. The molecule has 12 rings (SSSR count). The van der Waals surface area contributed by atoms with Gasteiger partial charge in [0.15, 0.2) is 17.5 Å². The van der Waals surface area contributed by atoms with Gasteiger partial charge in [-0.15, -0.1) is 11.3 Å². The average molecular weight is 817 g/mol. The van der Waals surface area contributed by atoms with E-state index in [2.05, 4.69) is 54.6 Å². The number of rotatable bonds is 7. The van der Waals surface area contributed by atoms with E-state index in [1.807, 2.05) is 115 Å². The van der Waals surface area contributed by atoms with E-state index in [1.165, 1.54) is 20.2 Å². The number of hydrogen-bond acceptors (Lipinski definition) is 4. The minimum atomic E-state index is -0.507. The Bertz CT molecular complexity index is 4020. The molecule has 0 aliphatic rings. The van der Waals surface area contributed by atoms with E-state index in [-0.39, 0.29) is 33.9 Å². The minimum Gasteiger partial charge on any atom is -0.309 e. The number of fused-ring (bicyclic) bond motifs is 6. The second kappa shape index (κ2) is 14.9. The van der Waals surface area contributed by atoms with Crippen LogP contribution in [0.15, 0.2) is 218 Å². The lowest BCUT2D eigenvalue weighted by molar-refractivity contribution is 1.07. The maximum atomic E-state index is 9.30. The molecule has 0 N–H and O–H groups in total. The van der Waals surface area contributed by atoms with Crippen LogP contribution >= 0.6 is 11.3 Å². The number of thiophene rings is 1. The number of aromatic nitrogens is 4. The monoisotopic (exact) mass is 816 g/mol. The highest BCUT2D eigenvalue weighted by Gasteiger charge is 2.20. The maximum Gasteiger partial charge on any atom is 0.164 e. The van der Waals surface area contributed by atoms with Crippen molar-refractivity contribution >= 4 is 53.3 Å². The summed E-state index contributed by atoms with van der Waals surface area (Å²) >= 11 is 1.78. The second-order valence-electron chi connectivity index (χ2n) is 15.0. The molecule has 0 radical (unpaired) electrons. The van der Waals surface area contributed by atoms with Crippen LogP contribution in [-0.4, -0.2) is 19.5 Å². The Morgan fingerprint density at radius 3 is 1.61 bits per heavy atom. The zero-order chi connectivity index (χ0) is 47.9. The molecule has 5 heteroatoms. The summed E-state index contributed by atoms with van der Waals surface area (Å²) < 4.78 is 75.7. The molecule has 0 atom stereocenters. The van der Waals surface area contributed by atoms with Gasteiger partial charge in [0, 0.05) is 53.2 Å². The predicted octanol–water partition coefficient (Wildman–Crippen LogP) is 15.3. The van der Waals surface area contributed by atoms with Crippen molar-refractivity contribution < 1.29 is 11.0 Å². The van der Waals surface area contributed by atoms with Gasteiger partial charge in [0.25, 0.3) is 0 Å². The molecular formula is C57H36N4S. The van der Waals surface area contributed by atoms with E-state index in [4.69, 9.17) is 23.2 Å². The van der Waals surface area contributed by atoms with E-state index in [0.29, 0.717) is 34.3 Å². The second-order valence-corrected chi connectivity index (χ2v) is 16.0. The lowest BCUT2D eigenvalue weighted by Gasteiger charge is -2.17. The molecule has 0 saturated heterocycles. The fourth-order valence-electron chi connectivity index (χ4n) is 8.45. The third-order valence-corrected chi connectivity index (χ3v) is 12.6. The fourth-order valence-corrected chi connectivity index (χ4v) is 9.69. The molecule has 0 aliphatic carbocycles. The zero-order valence-corrected chi connectivity index (χ0v) is 33.7. The topological polar surface area (TPSA) is 43.6 Å². The summed E-state index contributed by atoms with van der Waals surface area (Å²) in [5.74, 6) is 1.16. The quantitative estimate of drug-likeness (QED) is 0.161. The Balaban J connectivity index is 1.11. The van der Waals surface area contributed by atoms with Gasteiger partial charge in [0.1, 0.15) is 0 Å². The van der Waals surface area contributed by atoms with Crippen molar-refractivity contribution in [3.63, 3.8) is 0 Å². The summed E-state index contributed by atoms with van der Waals surface area (Å²) in [6.45, 7) is 0. The predicted molar refractivity (Wildman–Crippen MR) is 260 cm³/mol. The van der Waals surface area contributed by atoms with E-state index < -0.39 is 36.3 Å². The molecule has 9 aromatic carbocycles. The van der Waals surface area contributed by atoms with Crippen LogP contribution in [0.25, 0.3) is 115 Å². The van der Waals surface area contributed by atoms with Crippen LogP contribution in [0.3, 0.4) is 0 Å². The normalized spacial score (nSPS) is 13.4. The van der Waals surface area contributed by atoms with Gasteiger partial charge < -0.3 is 4.57 Å². The summed E-state index contributed by atoms with van der Waals surface area (Å²) in [5, 5.41) is 2.43. The summed E-state index contributed by atoms with van der Waals surface area (Å²) in [6, 6.07) is 52.6. The van der Waals surface area contributed by atoms with Crippen molar-refractivity contribution in [2.45, 2.75) is 0 Å². The van der Waals surface area contributed by atoms with Crippen LogP contribution in [0.2, 0.25) is 0 Å². The lowest BCUT2D eigenvalue weighted by atomic mass is 9.98.